The first kappa shape index (κ1) is 15.4. The van der Waals surface area contributed by atoms with Gasteiger partial charge in [-0.2, -0.15) is 0 Å². The summed E-state index contributed by atoms with van der Waals surface area (Å²) in [4.78, 5) is 11.9. The molecule has 0 aliphatic heterocycles. The molecule has 0 fully saturated rings. The highest BCUT2D eigenvalue weighted by molar-refractivity contribution is 9.10. The van der Waals surface area contributed by atoms with Crippen LogP contribution in [0.5, 0.6) is 0 Å². The number of halogens is 2. The van der Waals surface area contributed by atoms with Crippen LogP contribution in [0, 0.1) is 5.82 Å². The quantitative estimate of drug-likeness (QED) is 0.625. The van der Waals surface area contributed by atoms with Crippen molar-refractivity contribution in [1.82, 2.24) is 5.16 Å². The number of hydrogen-bond acceptors (Lipinski definition) is 4. The minimum absolute atomic E-state index is 0.00393. The number of nitrogens with zero attached hydrogens (tertiary/aromatic N) is 1. The Kier molecular flexibility index (Phi) is 4.52. The van der Waals surface area contributed by atoms with Crippen LogP contribution < -0.4 is 0 Å². The van der Waals surface area contributed by atoms with Crippen molar-refractivity contribution in [1.29, 1.82) is 0 Å². The Bertz CT molecular complexity index is 830. The first-order valence-electron chi connectivity index (χ1n) is 6.76. The smallest absolute Gasteiger partial charge is 0.338 e. The largest absolute Gasteiger partial charge is 0.455 e. The summed E-state index contributed by atoms with van der Waals surface area (Å²) in [5, 5.41) is 3.84. The van der Waals surface area contributed by atoms with Gasteiger partial charge in [-0.3, -0.25) is 0 Å². The van der Waals surface area contributed by atoms with E-state index in [0.29, 0.717) is 22.6 Å². The second-order valence-corrected chi connectivity index (χ2v) is 5.69. The molecule has 0 radical (unpaired) electrons. The van der Waals surface area contributed by atoms with Crippen LogP contribution in [0.15, 0.2) is 63.6 Å². The van der Waals surface area contributed by atoms with E-state index in [0.717, 1.165) is 4.47 Å². The van der Waals surface area contributed by atoms with Crippen molar-refractivity contribution >= 4 is 21.9 Å². The summed E-state index contributed by atoms with van der Waals surface area (Å²) >= 11 is 3.30. The highest BCUT2D eigenvalue weighted by Gasteiger charge is 2.11. The van der Waals surface area contributed by atoms with Crippen LogP contribution >= 0.6 is 15.9 Å². The first-order chi connectivity index (χ1) is 11.1. The lowest BCUT2D eigenvalue weighted by atomic mass is 10.1. The van der Waals surface area contributed by atoms with Gasteiger partial charge in [0.15, 0.2) is 5.76 Å². The molecule has 3 rings (SSSR count). The molecule has 3 aromatic rings. The Morgan fingerprint density at radius 2 is 1.96 bits per heavy atom. The van der Waals surface area contributed by atoms with Crippen LogP contribution in [0.25, 0.3) is 11.3 Å². The van der Waals surface area contributed by atoms with Crippen molar-refractivity contribution in [2.24, 2.45) is 0 Å². The van der Waals surface area contributed by atoms with Gasteiger partial charge in [0, 0.05) is 16.1 Å². The molecule has 0 saturated carbocycles. The topological polar surface area (TPSA) is 52.3 Å². The molecule has 0 aliphatic carbocycles. The van der Waals surface area contributed by atoms with Crippen LogP contribution in [-0.2, 0) is 11.3 Å². The first-order valence-corrected chi connectivity index (χ1v) is 7.55. The Hall–Kier alpha value is -2.47. The summed E-state index contributed by atoms with van der Waals surface area (Å²) in [6.07, 6.45) is 0. The minimum Gasteiger partial charge on any atom is -0.455 e. The van der Waals surface area contributed by atoms with Crippen LogP contribution in [0.1, 0.15) is 16.1 Å². The highest BCUT2D eigenvalue weighted by atomic mass is 79.9. The Balaban J connectivity index is 1.65. The lowest BCUT2D eigenvalue weighted by Gasteiger charge is -2.02. The lowest BCUT2D eigenvalue weighted by molar-refractivity contribution is 0.0464. The van der Waals surface area contributed by atoms with Gasteiger partial charge < -0.3 is 9.26 Å². The van der Waals surface area contributed by atoms with Crippen molar-refractivity contribution in [2.45, 2.75) is 6.61 Å². The third kappa shape index (κ3) is 3.84. The van der Waals surface area contributed by atoms with Crippen LogP contribution in [0.4, 0.5) is 4.39 Å². The standard InChI is InChI=1S/C17H11BrFNO3/c18-13-3-1-2-12(8-13)17(21)22-10-15-9-16(23-20-15)11-4-6-14(19)7-5-11/h1-9H,10H2. The van der Waals surface area contributed by atoms with Gasteiger partial charge in [0.2, 0.25) is 0 Å². The number of rotatable bonds is 4. The van der Waals surface area contributed by atoms with Crippen LogP contribution in [0.2, 0.25) is 0 Å². The fourth-order valence-electron chi connectivity index (χ4n) is 1.97. The molecule has 0 aliphatic rings. The van der Waals surface area contributed by atoms with E-state index in [9.17, 15) is 9.18 Å². The normalized spacial score (nSPS) is 10.5. The Morgan fingerprint density at radius 1 is 1.17 bits per heavy atom. The average Bonchev–Trinajstić information content (AvgIpc) is 3.02. The lowest BCUT2D eigenvalue weighted by Crippen LogP contribution is -2.05. The van der Waals surface area contributed by atoms with Gasteiger partial charge in [-0.05, 0) is 42.5 Å². The number of benzene rings is 2. The number of aromatic nitrogens is 1. The van der Waals surface area contributed by atoms with Gasteiger partial charge in [0.25, 0.3) is 0 Å². The summed E-state index contributed by atoms with van der Waals surface area (Å²) in [7, 11) is 0. The number of esters is 1. The van der Waals surface area contributed by atoms with E-state index in [2.05, 4.69) is 21.1 Å². The molecular weight excluding hydrogens is 365 g/mol. The van der Waals surface area contributed by atoms with Crippen LogP contribution in [-0.4, -0.2) is 11.1 Å². The predicted molar refractivity (Wildman–Crippen MR) is 85.2 cm³/mol. The number of hydrogen-bond donors (Lipinski definition) is 0. The fourth-order valence-corrected chi connectivity index (χ4v) is 2.37. The van der Waals surface area contributed by atoms with Crippen molar-refractivity contribution < 1.29 is 18.4 Å². The molecule has 23 heavy (non-hydrogen) atoms. The summed E-state index contributed by atoms with van der Waals surface area (Å²) in [5.74, 6) is -0.285. The molecule has 0 amide bonds. The molecule has 0 N–H and O–H groups in total. The molecule has 116 valence electrons. The molecule has 1 aromatic heterocycles. The summed E-state index contributed by atoms with van der Waals surface area (Å²) < 4.78 is 24.1. The number of carbonyl (C=O) groups excluding carboxylic acids is 1. The minimum atomic E-state index is -0.447. The van der Waals surface area contributed by atoms with Crippen molar-refractivity contribution in [3.63, 3.8) is 0 Å². The van der Waals surface area contributed by atoms with E-state index >= 15 is 0 Å². The number of ether oxygens (including phenoxy) is 1. The maximum Gasteiger partial charge on any atom is 0.338 e. The maximum absolute atomic E-state index is 12.9. The molecule has 2 aromatic carbocycles. The molecule has 0 spiro atoms. The second kappa shape index (κ2) is 6.75. The van der Waals surface area contributed by atoms with Gasteiger partial charge >= 0.3 is 5.97 Å². The monoisotopic (exact) mass is 375 g/mol. The third-order valence-electron chi connectivity index (χ3n) is 3.10. The summed E-state index contributed by atoms with van der Waals surface area (Å²) in [6.45, 7) is -0.00393. The Labute approximate surface area is 140 Å². The Morgan fingerprint density at radius 3 is 2.70 bits per heavy atom. The zero-order valence-electron chi connectivity index (χ0n) is 11.8. The van der Waals surface area contributed by atoms with E-state index in [1.807, 2.05) is 6.07 Å². The van der Waals surface area contributed by atoms with Gasteiger partial charge in [-0.1, -0.05) is 27.2 Å². The fraction of sp³-hybridized carbons (Fsp3) is 0.0588. The maximum atomic E-state index is 12.9. The predicted octanol–water partition coefficient (Wildman–Crippen LogP) is 4.60. The van der Waals surface area contributed by atoms with Crippen molar-refractivity contribution in [3.05, 3.63) is 76.1 Å². The van der Waals surface area contributed by atoms with E-state index in [4.69, 9.17) is 9.26 Å². The van der Waals surface area contributed by atoms with Crippen LogP contribution in [0.3, 0.4) is 0 Å². The zero-order chi connectivity index (χ0) is 16.2. The highest BCUT2D eigenvalue weighted by Crippen LogP contribution is 2.21. The van der Waals surface area contributed by atoms with Gasteiger partial charge in [-0.25, -0.2) is 9.18 Å². The van der Waals surface area contributed by atoms with Crippen molar-refractivity contribution in [3.8, 4) is 11.3 Å². The van der Waals surface area contributed by atoms with E-state index in [1.54, 1.807) is 36.4 Å². The summed E-state index contributed by atoms with van der Waals surface area (Å²) in [5.41, 5.74) is 1.62. The third-order valence-corrected chi connectivity index (χ3v) is 3.59. The molecule has 6 heteroatoms. The van der Waals surface area contributed by atoms with Gasteiger partial charge in [0.1, 0.15) is 18.1 Å². The zero-order valence-corrected chi connectivity index (χ0v) is 13.4. The van der Waals surface area contributed by atoms with Crippen molar-refractivity contribution in [2.75, 3.05) is 0 Å². The van der Waals surface area contributed by atoms with E-state index < -0.39 is 5.97 Å². The molecule has 0 saturated heterocycles. The molecule has 4 nitrogen and oxygen atoms in total. The molecule has 0 bridgehead atoms. The second-order valence-electron chi connectivity index (χ2n) is 4.78. The average molecular weight is 376 g/mol. The van der Waals surface area contributed by atoms with E-state index in [1.165, 1.54) is 12.1 Å². The van der Waals surface area contributed by atoms with E-state index in [-0.39, 0.29) is 12.4 Å². The van der Waals surface area contributed by atoms with Gasteiger partial charge in [0.05, 0.1) is 5.56 Å². The molecular formula is C17H11BrFNO3. The summed E-state index contributed by atoms with van der Waals surface area (Å²) in [6, 6.07) is 14.4. The molecule has 0 atom stereocenters. The molecule has 1 heterocycles. The SMILES string of the molecule is O=C(OCc1cc(-c2ccc(F)cc2)on1)c1cccc(Br)c1. The van der Waals surface area contributed by atoms with Gasteiger partial charge in [-0.15, -0.1) is 0 Å². The number of carbonyl (C=O) groups is 1. The molecule has 0 unspecified atom stereocenters.